The molecule has 0 heterocycles. The lowest BCUT2D eigenvalue weighted by molar-refractivity contribution is -0.126. The van der Waals surface area contributed by atoms with E-state index < -0.39 is 17.7 Å². The van der Waals surface area contributed by atoms with Gasteiger partial charge in [0.05, 0.1) is 33.1 Å². The molecule has 178 valence electrons. The molecule has 0 saturated carbocycles. The molecule has 9 nitrogen and oxygen atoms in total. The summed E-state index contributed by atoms with van der Waals surface area (Å²) in [6.45, 7) is 5.61. The highest BCUT2D eigenvalue weighted by Crippen LogP contribution is 2.42. The Kier molecular flexibility index (Phi) is 9.74. The molecular weight excluding hydrogens is 473 g/mol. The number of carbonyl (C=O) groups excluding carboxylic acids is 2. The Labute approximate surface area is 202 Å². The number of anilines is 1. The van der Waals surface area contributed by atoms with E-state index in [0.717, 1.165) is 4.42 Å². The monoisotopic (exact) mass is 497 g/mol. The van der Waals surface area contributed by atoms with Crippen molar-refractivity contribution in [1.29, 1.82) is 0 Å². The fourth-order valence-electron chi connectivity index (χ4n) is 2.76. The minimum Gasteiger partial charge on any atom is -0.493 e. The van der Waals surface area contributed by atoms with E-state index in [2.05, 4.69) is 10.2 Å². The number of azo groups is 1. The molecule has 0 aliphatic rings. The fourth-order valence-corrected chi connectivity index (χ4v) is 3.21. The van der Waals surface area contributed by atoms with Crippen LogP contribution in [0.4, 0.5) is 11.4 Å². The van der Waals surface area contributed by atoms with Crippen LogP contribution >= 0.6 is 23.4 Å². The number of rotatable bonds is 11. The number of ketones is 1. The Balaban J connectivity index is 2.35. The smallest absolute Gasteiger partial charge is 0.276 e. The van der Waals surface area contributed by atoms with Crippen LogP contribution in [-0.4, -0.2) is 45.2 Å². The molecule has 2 aromatic carbocycles. The van der Waals surface area contributed by atoms with Crippen molar-refractivity contribution in [2.24, 2.45) is 10.2 Å². The first-order valence-electron chi connectivity index (χ1n) is 10.00. The lowest BCUT2D eigenvalue weighted by Crippen LogP contribution is -2.36. The van der Waals surface area contributed by atoms with Crippen molar-refractivity contribution in [3.63, 3.8) is 0 Å². The third kappa shape index (κ3) is 6.27. The second kappa shape index (κ2) is 12.3. The first-order chi connectivity index (χ1) is 15.8. The molecule has 0 aromatic heterocycles. The van der Waals surface area contributed by atoms with Crippen molar-refractivity contribution in [1.82, 2.24) is 0 Å². The molecule has 2 rings (SSSR count). The third-order valence-electron chi connectivity index (χ3n) is 4.32. The van der Waals surface area contributed by atoms with Crippen LogP contribution in [-0.2, 0) is 9.59 Å². The van der Waals surface area contributed by atoms with E-state index >= 15 is 0 Å². The summed E-state index contributed by atoms with van der Waals surface area (Å²) in [6, 6.07) is 6.29. The molecule has 1 amide bonds. The van der Waals surface area contributed by atoms with Gasteiger partial charge in [0.15, 0.2) is 28.8 Å². The van der Waals surface area contributed by atoms with Gasteiger partial charge >= 0.3 is 0 Å². The van der Waals surface area contributed by atoms with Crippen LogP contribution in [0.25, 0.3) is 0 Å². The number of halogens is 2. The minimum atomic E-state index is -1.49. The van der Waals surface area contributed by atoms with Crippen molar-refractivity contribution in [3.05, 3.63) is 35.4 Å². The van der Waals surface area contributed by atoms with Gasteiger partial charge in [-0.05, 0) is 45.0 Å². The highest BCUT2D eigenvalue weighted by molar-refractivity contribution is 6.39. The number of Topliss-reactive ketones (excluding diaryl/α,β-unsaturated/α-hetero) is 1. The predicted octanol–water partition coefficient (Wildman–Crippen LogP) is 5.38. The SMILES string of the molecule is CCOc1ccc(N=NC(C(C)=O)C(=O)N(Cl)c2ccc(OC)c(OC)c2)c(Cl)c1OCC. The van der Waals surface area contributed by atoms with Crippen LogP contribution in [0.3, 0.4) is 0 Å². The van der Waals surface area contributed by atoms with Crippen LogP contribution < -0.4 is 23.4 Å². The molecule has 0 N–H and O–H groups in total. The molecule has 0 bridgehead atoms. The number of hydrogen-bond donors (Lipinski definition) is 0. The number of methoxy groups -OCH3 is 2. The Morgan fingerprint density at radius 3 is 2.21 bits per heavy atom. The maximum Gasteiger partial charge on any atom is 0.276 e. The summed E-state index contributed by atoms with van der Waals surface area (Å²) in [5.41, 5.74) is 0.466. The van der Waals surface area contributed by atoms with E-state index in [-0.39, 0.29) is 16.4 Å². The lowest BCUT2D eigenvalue weighted by atomic mass is 10.2. The average molecular weight is 498 g/mol. The summed E-state index contributed by atoms with van der Waals surface area (Å²) in [5, 5.41) is 8.08. The zero-order valence-electron chi connectivity index (χ0n) is 18.9. The third-order valence-corrected chi connectivity index (χ3v) is 5.04. The quantitative estimate of drug-likeness (QED) is 0.234. The normalized spacial score (nSPS) is 11.7. The van der Waals surface area contributed by atoms with E-state index in [1.54, 1.807) is 25.1 Å². The molecule has 0 radical (unpaired) electrons. The zero-order valence-corrected chi connectivity index (χ0v) is 20.4. The molecule has 0 aliphatic carbocycles. The van der Waals surface area contributed by atoms with Gasteiger partial charge in [0.2, 0.25) is 6.04 Å². The van der Waals surface area contributed by atoms with Crippen LogP contribution in [0.2, 0.25) is 5.02 Å². The number of ether oxygens (including phenoxy) is 4. The molecule has 0 spiro atoms. The van der Waals surface area contributed by atoms with Gasteiger partial charge in [0.25, 0.3) is 5.91 Å². The summed E-state index contributed by atoms with van der Waals surface area (Å²) in [5.74, 6) is 0.209. The van der Waals surface area contributed by atoms with E-state index in [1.165, 1.54) is 33.3 Å². The average Bonchev–Trinajstić information content (AvgIpc) is 2.81. The first kappa shape index (κ1) is 26.2. The van der Waals surface area contributed by atoms with Crippen LogP contribution in [0.1, 0.15) is 20.8 Å². The highest BCUT2D eigenvalue weighted by atomic mass is 35.5. The Morgan fingerprint density at radius 1 is 1.00 bits per heavy atom. The van der Waals surface area contributed by atoms with Crippen molar-refractivity contribution < 1.29 is 28.5 Å². The molecule has 0 fully saturated rings. The molecule has 11 heteroatoms. The predicted molar refractivity (Wildman–Crippen MR) is 126 cm³/mol. The minimum absolute atomic E-state index is 0.143. The summed E-state index contributed by atoms with van der Waals surface area (Å²) >= 11 is 12.6. The second-order valence-corrected chi connectivity index (χ2v) is 7.19. The van der Waals surface area contributed by atoms with Gasteiger partial charge in [0, 0.05) is 17.8 Å². The van der Waals surface area contributed by atoms with Crippen molar-refractivity contribution in [3.8, 4) is 23.0 Å². The lowest BCUT2D eigenvalue weighted by Gasteiger charge is -2.18. The van der Waals surface area contributed by atoms with Crippen LogP contribution in [0.15, 0.2) is 40.6 Å². The molecule has 1 unspecified atom stereocenters. The summed E-state index contributed by atoms with van der Waals surface area (Å²) in [7, 11) is 2.93. The van der Waals surface area contributed by atoms with Gasteiger partial charge in [0.1, 0.15) is 10.7 Å². The Bertz CT molecular complexity index is 1030. The number of carbonyl (C=O) groups is 2. The number of hydrogen-bond acceptors (Lipinski definition) is 8. The fraction of sp³-hybridized carbons (Fsp3) is 0.364. The summed E-state index contributed by atoms with van der Waals surface area (Å²) in [4.78, 5) is 25.1. The maximum atomic E-state index is 12.9. The second-order valence-electron chi connectivity index (χ2n) is 6.48. The van der Waals surface area contributed by atoms with Crippen LogP contribution in [0.5, 0.6) is 23.0 Å². The van der Waals surface area contributed by atoms with Gasteiger partial charge in [-0.25, -0.2) is 4.42 Å². The van der Waals surface area contributed by atoms with Crippen molar-refractivity contribution in [2.75, 3.05) is 31.9 Å². The molecule has 0 aliphatic heterocycles. The van der Waals surface area contributed by atoms with Crippen molar-refractivity contribution in [2.45, 2.75) is 26.8 Å². The zero-order chi connectivity index (χ0) is 24.5. The number of amides is 1. The van der Waals surface area contributed by atoms with Gasteiger partial charge in [-0.2, -0.15) is 10.2 Å². The molecule has 1 atom stereocenters. The standard InChI is InChI=1S/C22H25Cl2N3O6/c1-6-32-17-11-9-15(19(23)21(17)33-7-2)25-26-20(13(3)28)22(29)27(24)14-8-10-16(30-4)18(12-14)31-5/h8-12,20H,6-7H2,1-5H3. The highest BCUT2D eigenvalue weighted by Gasteiger charge is 2.29. The van der Waals surface area contributed by atoms with E-state index in [4.69, 9.17) is 42.3 Å². The van der Waals surface area contributed by atoms with Crippen molar-refractivity contribution >= 4 is 46.4 Å². The van der Waals surface area contributed by atoms with Gasteiger partial charge in [-0.3, -0.25) is 9.59 Å². The Morgan fingerprint density at radius 2 is 1.64 bits per heavy atom. The van der Waals surface area contributed by atoms with E-state index in [0.29, 0.717) is 36.2 Å². The number of benzene rings is 2. The largest absolute Gasteiger partial charge is 0.493 e. The Hall–Kier alpha value is -3.04. The van der Waals surface area contributed by atoms with Gasteiger partial charge < -0.3 is 18.9 Å². The van der Waals surface area contributed by atoms with Gasteiger partial charge in [-0.1, -0.05) is 11.6 Å². The van der Waals surface area contributed by atoms with E-state index in [1.807, 2.05) is 6.92 Å². The maximum absolute atomic E-state index is 12.9. The van der Waals surface area contributed by atoms with Crippen LogP contribution in [0, 0.1) is 0 Å². The molecular formula is C22H25Cl2N3O6. The molecule has 33 heavy (non-hydrogen) atoms. The first-order valence-corrected chi connectivity index (χ1v) is 10.7. The van der Waals surface area contributed by atoms with Gasteiger partial charge in [-0.15, -0.1) is 0 Å². The molecule has 2 aromatic rings. The summed E-state index contributed by atoms with van der Waals surface area (Å²) < 4.78 is 22.2. The summed E-state index contributed by atoms with van der Waals surface area (Å²) in [6.07, 6.45) is 0. The molecule has 0 saturated heterocycles. The topological polar surface area (TPSA) is 99.0 Å². The van der Waals surface area contributed by atoms with E-state index in [9.17, 15) is 9.59 Å². The number of nitrogens with zero attached hydrogens (tertiary/aromatic N) is 3.